The summed E-state index contributed by atoms with van der Waals surface area (Å²) in [5.74, 6) is 0.874. The van der Waals surface area contributed by atoms with Crippen LogP contribution in [0.5, 0.6) is 0 Å². The molecule has 0 aromatic carbocycles. The van der Waals surface area contributed by atoms with Crippen LogP contribution in [-0.2, 0) is 4.79 Å². The number of amides is 1. The Morgan fingerprint density at radius 1 is 1.35 bits per heavy atom. The molecule has 0 atom stereocenters. The van der Waals surface area contributed by atoms with Gasteiger partial charge in [-0.2, -0.15) is 0 Å². The minimum Gasteiger partial charge on any atom is -0.396 e. The average Bonchev–Trinajstić information content (AvgIpc) is 2.28. The van der Waals surface area contributed by atoms with Gasteiger partial charge in [0.05, 0.1) is 0 Å². The molecule has 0 heterocycles. The van der Waals surface area contributed by atoms with E-state index in [9.17, 15) is 4.79 Å². The molecule has 100 valence electrons. The third kappa shape index (κ3) is 4.64. The lowest BCUT2D eigenvalue weighted by Gasteiger charge is -2.31. The summed E-state index contributed by atoms with van der Waals surface area (Å²) in [6.07, 6.45) is 4.62. The van der Waals surface area contributed by atoms with Gasteiger partial charge >= 0.3 is 0 Å². The Labute approximate surface area is 104 Å². The van der Waals surface area contributed by atoms with Gasteiger partial charge in [0.15, 0.2) is 0 Å². The third-order valence-corrected chi connectivity index (χ3v) is 3.75. The van der Waals surface area contributed by atoms with E-state index in [2.05, 4.69) is 5.32 Å². The number of nitrogens with two attached hydrogens (primary N) is 1. The molecule has 1 fully saturated rings. The van der Waals surface area contributed by atoms with Gasteiger partial charge in [0.1, 0.15) is 0 Å². The lowest BCUT2D eigenvalue weighted by molar-refractivity contribution is -0.128. The first-order chi connectivity index (χ1) is 7.98. The van der Waals surface area contributed by atoms with E-state index in [4.69, 9.17) is 10.8 Å². The molecule has 1 aliphatic carbocycles. The van der Waals surface area contributed by atoms with Crippen molar-refractivity contribution in [2.24, 2.45) is 17.6 Å². The van der Waals surface area contributed by atoms with Crippen LogP contribution in [0.25, 0.3) is 0 Å². The Kier molecular flexibility index (Phi) is 5.40. The highest BCUT2D eigenvalue weighted by atomic mass is 16.3. The van der Waals surface area contributed by atoms with Crippen molar-refractivity contribution < 1.29 is 9.90 Å². The van der Waals surface area contributed by atoms with Crippen LogP contribution in [0.15, 0.2) is 0 Å². The maximum absolute atomic E-state index is 12.1. The predicted molar refractivity (Wildman–Crippen MR) is 68.4 cm³/mol. The summed E-state index contributed by atoms with van der Waals surface area (Å²) in [5, 5.41) is 12.0. The van der Waals surface area contributed by atoms with Crippen LogP contribution < -0.4 is 11.1 Å². The Morgan fingerprint density at radius 3 is 2.41 bits per heavy atom. The van der Waals surface area contributed by atoms with Crippen LogP contribution in [0, 0.1) is 11.8 Å². The SMILES string of the molecule is CC(C)(CCO)NC(=O)C1CCC(CN)CC1. The van der Waals surface area contributed by atoms with Gasteiger partial charge in [-0.1, -0.05) is 0 Å². The average molecular weight is 242 g/mol. The van der Waals surface area contributed by atoms with Crippen LogP contribution in [0.4, 0.5) is 0 Å². The van der Waals surface area contributed by atoms with Gasteiger partial charge in [-0.15, -0.1) is 0 Å². The van der Waals surface area contributed by atoms with E-state index in [0.717, 1.165) is 32.2 Å². The Bertz CT molecular complexity index is 246. The third-order valence-electron chi connectivity index (χ3n) is 3.75. The first-order valence-corrected chi connectivity index (χ1v) is 6.61. The summed E-state index contributed by atoms with van der Waals surface area (Å²) in [6, 6.07) is 0. The minimum absolute atomic E-state index is 0.104. The molecule has 1 rings (SSSR count). The fourth-order valence-electron chi connectivity index (χ4n) is 2.44. The van der Waals surface area contributed by atoms with Crippen LogP contribution in [0.2, 0.25) is 0 Å². The van der Waals surface area contributed by atoms with Crippen molar-refractivity contribution in [2.45, 2.75) is 51.5 Å². The Hall–Kier alpha value is -0.610. The molecule has 0 unspecified atom stereocenters. The number of hydrogen-bond acceptors (Lipinski definition) is 3. The molecule has 0 saturated heterocycles. The molecular formula is C13H26N2O2. The van der Waals surface area contributed by atoms with Crippen molar-refractivity contribution in [2.75, 3.05) is 13.2 Å². The number of aliphatic hydroxyl groups excluding tert-OH is 1. The summed E-state index contributed by atoms with van der Waals surface area (Å²) in [6.45, 7) is 4.75. The largest absolute Gasteiger partial charge is 0.396 e. The van der Waals surface area contributed by atoms with Gasteiger partial charge in [-0.3, -0.25) is 4.79 Å². The lowest BCUT2D eigenvalue weighted by atomic mass is 9.81. The topological polar surface area (TPSA) is 75.3 Å². The molecule has 1 amide bonds. The molecule has 4 heteroatoms. The number of rotatable bonds is 5. The monoisotopic (exact) mass is 242 g/mol. The molecule has 0 spiro atoms. The highest BCUT2D eigenvalue weighted by Crippen LogP contribution is 2.28. The standard InChI is InChI=1S/C13H26N2O2/c1-13(2,7-8-16)15-12(17)11-5-3-10(9-14)4-6-11/h10-11,16H,3-9,14H2,1-2H3,(H,15,17). The molecule has 17 heavy (non-hydrogen) atoms. The highest BCUT2D eigenvalue weighted by Gasteiger charge is 2.28. The molecular weight excluding hydrogens is 216 g/mol. The molecule has 4 N–H and O–H groups in total. The maximum atomic E-state index is 12.1. The van der Waals surface area contributed by atoms with Crippen molar-refractivity contribution in [1.82, 2.24) is 5.32 Å². The summed E-state index contributed by atoms with van der Waals surface area (Å²) in [7, 11) is 0. The summed E-state index contributed by atoms with van der Waals surface area (Å²) < 4.78 is 0. The maximum Gasteiger partial charge on any atom is 0.223 e. The van der Waals surface area contributed by atoms with Gasteiger partial charge in [0.25, 0.3) is 0 Å². The van der Waals surface area contributed by atoms with Gasteiger partial charge in [-0.25, -0.2) is 0 Å². The number of hydrogen-bond donors (Lipinski definition) is 3. The number of aliphatic hydroxyl groups is 1. The van der Waals surface area contributed by atoms with Crippen molar-refractivity contribution in [3.8, 4) is 0 Å². The summed E-state index contributed by atoms with van der Waals surface area (Å²) in [4.78, 5) is 12.1. The van der Waals surface area contributed by atoms with E-state index in [1.807, 2.05) is 13.8 Å². The fraction of sp³-hybridized carbons (Fsp3) is 0.923. The first kappa shape index (κ1) is 14.5. The quantitative estimate of drug-likeness (QED) is 0.674. The van der Waals surface area contributed by atoms with Crippen LogP contribution >= 0.6 is 0 Å². The lowest BCUT2D eigenvalue weighted by Crippen LogP contribution is -2.47. The van der Waals surface area contributed by atoms with E-state index < -0.39 is 0 Å². The van der Waals surface area contributed by atoms with Crippen molar-refractivity contribution >= 4 is 5.91 Å². The van der Waals surface area contributed by atoms with E-state index in [0.29, 0.717) is 12.3 Å². The second-order valence-corrected chi connectivity index (χ2v) is 5.80. The zero-order valence-electron chi connectivity index (χ0n) is 11.0. The predicted octanol–water partition coefficient (Wildman–Crippen LogP) is 1.03. The zero-order chi connectivity index (χ0) is 12.9. The summed E-state index contributed by atoms with van der Waals surface area (Å²) in [5.41, 5.74) is 5.33. The molecule has 1 saturated carbocycles. The Balaban J connectivity index is 2.39. The summed E-state index contributed by atoms with van der Waals surface area (Å²) >= 11 is 0. The van der Waals surface area contributed by atoms with Gasteiger partial charge in [-0.05, 0) is 58.4 Å². The van der Waals surface area contributed by atoms with Gasteiger partial charge in [0, 0.05) is 18.1 Å². The molecule has 0 aromatic heterocycles. The second-order valence-electron chi connectivity index (χ2n) is 5.80. The zero-order valence-corrected chi connectivity index (χ0v) is 11.0. The van der Waals surface area contributed by atoms with Gasteiger partial charge in [0.2, 0.25) is 5.91 Å². The number of nitrogens with one attached hydrogen (secondary N) is 1. The smallest absolute Gasteiger partial charge is 0.223 e. The van der Waals surface area contributed by atoms with E-state index in [-0.39, 0.29) is 24.0 Å². The van der Waals surface area contributed by atoms with Crippen molar-refractivity contribution in [3.05, 3.63) is 0 Å². The van der Waals surface area contributed by atoms with Crippen molar-refractivity contribution in [1.29, 1.82) is 0 Å². The van der Waals surface area contributed by atoms with Crippen molar-refractivity contribution in [3.63, 3.8) is 0 Å². The Morgan fingerprint density at radius 2 is 1.94 bits per heavy atom. The van der Waals surface area contributed by atoms with E-state index >= 15 is 0 Å². The number of carbonyl (C=O) groups excluding carboxylic acids is 1. The van der Waals surface area contributed by atoms with Crippen LogP contribution in [-0.4, -0.2) is 29.7 Å². The van der Waals surface area contributed by atoms with E-state index in [1.54, 1.807) is 0 Å². The van der Waals surface area contributed by atoms with E-state index in [1.165, 1.54) is 0 Å². The van der Waals surface area contributed by atoms with Crippen LogP contribution in [0.1, 0.15) is 46.0 Å². The molecule has 0 bridgehead atoms. The molecule has 4 nitrogen and oxygen atoms in total. The van der Waals surface area contributed by atoms with Crippen LogP contribution in [0.3, 0.4) is 0 Å². The molecule has 0 aromatic rings. The molecule has 0 radical (unpaired) electrons. The molecule has 1 aliphatic rings. The number of carbonyl (C=O) groups is 1. The first-order valence-electron chi connectivity index (χ1n) is 6.61. The minimum atomic E-state index is -0.309. The highest BCUT2D eigenvalue weighted by molar-refractivity contribution is 5.79. The fourth-order valence-corrected chi connectivity index (χ4v) is 2.44. The molecule has 0 aliphatic heterocycles. The van der Waals surface area contributed by atoms with Gasteiger partial charge < -0.3 is 16.2 Å². The second kappa shape index (κ2) is 6.36. The normalized spacial score (nSPS) is 25.6.